The van der Waals surface area contributed by atoms with Crippen LogP contribution in [0.2, 0.25) is 0 Å². The highest BCUT2D eigenvalue weighted by molar-refractivity contribution is 5.78. The van der Waals surface area contributed by atoms with Crippen LogP contribution in [0.15, 0.2) is 18.3 Å². The van der Waals surface area contributed by atoms with E-state index in [-0.39, 0.29) is 25.0 Å². The van der Waals surface area contributed by atoms with Crippen molar-refractivity contribution < 1.29 is 14.6 Å². The van der Waals surface area contributed by atoms with E-state index in [9.17, 15) is 4.79 Å². The summed E-state index contributed by atoms with van der Waals surface area (Å²) in [6, 6.07) is 3.38. The Labute approximate surface area is 101 Å². The molecule has 1 rings (SSSR count). The molecule has 0 saturated heterocycles. The summed E-state index contributed by atoms with van der Waals surface area (Å²) in [5.74, 6) is -0.164. The molecule has 0 fully saturated rings. The van der Waals surface area contributed by atoms with Crippen LogP contribution in [0, 0.1) is 6.92 Å². The van der Waals surface area contributed by atoms with Gasteiger partial charge in [0, 0.05) is 13.3 Å². The molecule has 1 aromatic rings. The van der Waals surface area contributed by atoms with Gasteiger partial charge in [-0.3, -0.25) is 9.78 Å². The summed E-state index contributed by atoms with van der Waals surface area (Å²) in [5.41, 5.74) is 1.73. The number of aliphatic hydroxyl groups is 1. The molecule has 17 heavy (non-hydrogen) atoms. The van der Waals surface area contributed by atoms with Crippen LogP contribution < -0.4 is 5.32 Å². The number of rotatable bonds is 6. The smallest absolute Gasteiger partial charge is 0.226 e. The minimum atomic E-state index is -0.364. The Morgan fingerprint density at radius 2 is 2.41 bits per heavy atom. The number of carbonyl (C=O) groups excluding carboxylic acids is 1. The number of aryl methyl sites for hydroxylation is 1. The molecule has 1 atom stereocenters. The van der Waals surface area contributed by atoms with E-state index in [1.807, 2.05) is 19.1 Å². The molecule has 0 aliphatic carbocycles. The third-order valence-electron chi connectivity index (χ3n) is 2.40. The highest BCUT2D eigenvalue weighted by Gasteiger charge is 2.12. The number of nitrogens with zero attached hydrogens (tertiary/aromatic N) is 1. The van der Waals surface area contributed by atoms with Gasteiger partial charge in [0.05, 0.1) is 31.4 Å². The molecule has 1 aromatic heterocycles. The molecule has 0 radical (unpaired) electrons. The molecular formula is C12H18N2O3. The number of carbonyl (C=O) groups is 1. The van der Waals surface area contributed by atoms with E-state index in [2.05, 4.69) is 10.3 Å². The van der Waals surface area contributed by atoms with E-state index in [0.717, 1.165) is 11.3 Å². The summed E-state index contributed by atoms with van der Waals surface area (Å²) in [5, 5.41) is 11.7. The second kappa shape index (κ2) is 6.98. The third-order valence-corrected chi connectivity index (χ3v) is 2.40. The summed E-state index contributed by atoms with van der Waals surface area (Å²) in [7, 11) is 1.53. The van der Waals surface area contributed by atoms with E-state index >= 15 is 0 Å². The van der Waals surface area contributed by atoms with Gasteiger partial charge in [-0.1, -0.05) is 6.07 Å². The normalized spacial score (nSPS) is 12.2. The predicted molar refractivity (Wildman–Crippen MR) is 63.6 cm³/mol. The number of aromatic nitrogens is 1. The first-order valence-corrected chi connectivity index (χ1v) is 5.47. The maximum absolute atomic E-state index is 11.7. The van der Waals surface area contributed by atoms with E-state index in [1.54, 1.807) is 6.20 Å². The maximum Gasteiger partial charge on any atom is 0.226 e. The molecule has 0 aromatic carbocycles. The van der Waals surface area contributed by atoms with Crippen molar-refractivity contribution in [2.75, 3.05) is 20.3 Å². The van der Waals surface area contributed by atoms with E-state index in [4.69, 9.17) is 9.84 Å². The number of amides is 1. The fourth-order valence-corrected chi connectivity index (χ4v) is 1.48. The van der Waals surface area contributed by atoms with Crippen molar-refractivity contribution in [2.24, 2.45) is 0 Å². The van der Waals surface area contributed by atoms with Crippen molar-refractivity contribution in [2.45, 2.75) is 19.4 Å². The van der Waals surface area contributed by atoms with Gasteiger partial charge < -0.3 is 15.2 Å². The summed E-state index contributed by atoms with van der Waals surface area (Å²) >= 11 is 0. The number of hydrogen-bond donors (Lipinski definition) is 2. The van der Waals surface area contributed by atoms with Gasteiger partial charge in [0.2, 0.25) is 5.91 Å². The van der Waals surface area contributed by atoms with Crippen molar-refractivity contribution in [3.63, 3.8) is 0 Å². The fraction of sp³-hybridized carbons (Fsp3) is 0.500. The second-order valence-corrected chi connectivity index (χ2v) is 3.85. The lowest BCUT2D eigenvalue weighted by atomic mass is 10.1. The number of pyridine rings is 1. The van der Waals surface area contributed by atoms with Gasteiger partial charge in [-0.15, -0.1) is 0 Å². The quantitative estimate of drug-likeness (QED) is 0.735. The fourth-order valence-electron chi connectivity index (χ4n) is 1.48. The highest BCUT2D eigenvalue weighted by atomic mass is 16.5. The van der Waals surface area contributed by atoms with Crippen LogP contribution in [-0.2, 0) is 16.0 Å². The lowest BCUT2D eigenvalue weighted by Crippen LogP contribution is -2.41. The van der Waals surface area contributed by atoms with Crippen LogP contribution in [-0.4, -0.2) is 42.4 Å². The van der Waals surface area contributed by atoms with Gasteiger partial charge in [0.1, 0.15) is 0 Å². The van der Waals surface area contributed by atoms with Crippen LogP contribution in [0.4, 0.5) is 0 Å². The molecule has 1 heterocycles. The first-order chi connectivity index (χ1) is 8.17. The Morgan fingerprint density at radius 1 is 1.65 bits per heavy atom. The number of ether oxygens (including phenoxy) is 1. The minimum Gasteiger partial charge on any atom is -0.394 e. The minimum absolute atomic E-state index is 0.138. The second-order valence-electron chi connectivity index (χ2n) is 3.85. The average molecular weight is 238 g/mol. The van der Waals surface area contributed by atoms with Gasteiger partial charge in [-0.05, 0) is 18.6 Å². The van der Waals surface area contributed by atoms with Gasteiger partial charge in [0.15, 0.2) is 0 Å². The molecule has 0 aliphatic rings. The number of aliphatic hydroxyl groups excluding tert-OH is 1. The number of nitrogens with one attached hydrogen (secondary N) is 1. The van der Waals surface area contributed by atoms with E-state index in [1.165, 1.54) is 7.11 Å². The molecule has 0 spiro atoms. The topological polar surface area (TPSA) is 71.5 Å². The molecule has 5 heteroatoms. The zero-order chi connectivity index (χ0) is 12.7. The standard InChI is InChI=1S/C12H18N2O3/c1-9-4-3-5-13-11(9)6-12(16)14-10(7-15)8-17-2/h3-5,10,15H,6-8H2,1-2H3,(H,14,16). The zero-order valence-electron chi connectivity index (χ0n) is 10.1. The van der Waals surface area contributed by atoms with Crippen LogP contribution in [0.3, 0.4) is 0 Å². The zero-order valence-corrected chi connectivity index (χ0v) is 10.1. The van der Waals surface area contributed by atoms with Crippen molar-refractivity contribution in [3.05, 3.63) is 29.6 Å². The summed E-state index contributed by atoms with van der Waals surface area (Å²) in [6.07, 6.45) is 1.88. The Balaban J connectivity index is 2.52. The molecule has 94 valence electrons. The maximum atomic E-state index is 11.7. The van der Waals surface area contributed by atoms with Crippen LogP contribution in [0.5, 0.6) is 0 Å². The predicted octanol–water partition coefficient (Wildman–Crippen LogP) is 0.0560. The van der Waals surface area contributed by atoms with Crippen molar-refractivity contribution in [1.82, 2.24) is 10.3 Å². The lowest BCUT2D eigenvalue weighted by molar-refractivity contribution is -0.121. The van der Waals surface area contributed by atoms with Gasteiger partial charge in [-0.25, -0.2) is 0 Å². The van der Waals surface area contributed by atoms with Crippen molar-refractivity contribution in [1.29, 1.82) is 0 Å². The average Bonchev–Trinajstić information content (AvgIpc) is 2.31. The van der Waals surface area contributed by atoms with Gasteiger partial charge in [0.25, 0.3) is 0 Å². The van der Waals surface area contributed by atoms with Crippen LogP contribution in [0.25, 0.3) is 0 Å². The van der Waals surface area contributed by atoms with Gasteiger partial charge >= 0.3 is 0 Å². The lowest BCUT2D eigenvalue weighted by Gasteiger charge is -2.15. The highest BCUT2D eigenvalue weighted by Crippen LogP contribution is 2.03. The first-order valence-electron chi connectivity index (χ1n) is 5.47. The van der Waals surface area contributed by atoms with Gasteiger partial charge in [-0.2, -0.15) is 0 Å². The molecule has 0 saturated carbocycles. The number of methoxy groups -OCH3 is 1. The summed E-state index contributed by atoms with van der Waals surface area (Å²) in [4.78, 5) is 15.8. The van der Waals surface area contributed by atoms with Crippen molar-refractivity contribution in [3.8, 4) is 0 Å². The molecule has 2 N–H and O–H groups in total. The molecule has 1 amide bonds. The Bertz CT molecular complexity index is 369. The Kier molecular flexibility index (Phi) is 5.59. The first kappa shape index (κ1) is 13.6. The van der Waals surface area contributed by atoms with E-state index < -0.39 is 0 Å². The van der Waals surface area contributed by atoms with Crippen LogP contribution in [0.1, 0.15) is 11.3 Å². The third kappa shape index (κ3) is 4.50. The molecule has 0 aliphatic heterocycles. The monoisotopic (exact) mass is 238 g/mol. The van der Waals surface area contributed by atoms with E-state index in [0.29, 0.717) is 6.61 Å². The van der Waals surface area contributed by atoms with Crippen LogP contribution >= 0.6 is 0 Å². The Hall–Kier alpha value is -1.46. The summed E-state index contributed by atoms with van der Waals surface area (Å²) in [6.45, 7) is 2.07. The Morgan fingerprint density at radius 3 is 3.00 bits per heavy atom. The largest absolute Gasteiger partial charge is 0.394 e. The summed E-state index contributed by atoms with van der Waals surface area (Å²) < 4.78 is 4.88. The molecular weight excluding hydrogens is 220 g/mol. The molecule has 5 nitrogen and oxygen atoms in total. The van der Waals surface area contributed by atoms with Crippen molar-refractivity contribution >= 4 is 5.91 Å². The SMILES string of the molecule is COCC(CO)NC(=O)Cc1ncccc1C. The molecule has 1 unspecified atom stereocenters. The number of hydrogen-bond acceptors (Lipinski definition) is 4. The molecule has 0 bridgehead atoms.